The fraction of sp³-hybridized carbons (Fsp3) is 0.889. The van der Waals surface area contributed by atoms with Gasteiger partial charge in [0.15, 0.2) is 5.96 Å². The maximum atomic E-state index is 12.9. The minimum absolute atomic E-state index is 0.147. The zero-order valence-electron chi connectivity index (χ0n) is 16.6. The number of rotatable bonds is 4. The van der Waals surface area contributed by atoms with E-state index < -0.39 is 12.2 Å². The van der Waals surface area contributed by atoms with Gasteiger partial charge in [0, 0.05) is 58.8 Å². The fourth-order valence-electron chi connectivity index (χ4n) is 3.75. The second-order valence-electron chi connectivity index (χ2n) is 7.40. The number of guanidine groups is 1. The summed E-state index contributed by atoms with van der Waals surface area (Å²) >= 11 is 0. The van der Waals surface area contributed by atoms with E-state index in [9.17, 15) is 18.0 Å². The third-order valence-corrected chi connectivity index (χ3v) is 5.59. The second kappa shape index (κ2) is 9.61. The van der Waals surface area contributed by atoms with Gasteiger partial charge in [-0.25, -0.2) is 0 Å². The highest BCUT2D eigenvalue weighted by molar-refractivity contribution is 5.81. The van der Waals surface area contributed by atoms with Crippen molar-refractivity contribution in [1.29, 1.82) is 0 Å². The van der Waals surface area contributed by atoms with Crippen LogP contribution < -0.4 is 5.32 Å². The van der Waals surface area contributed by atoms with Crippen molar-refractivity contribution in [2.75, 3.05) is 46.3 Å². The van der Waals surface area contributed by atoms with Crippen molar-refractivity contribution in [3.63, 3.8) is 0 Å². The van der Waals surface area contributed by atoms with Crippen LogP contribution in [0.1, 0.15) is 39.5 Å². The summed E-state index contributed by atoms with van der Waals surface area (Å²) in [6.07, 6.45) is -0.509. The molecule has 2 aliphatic heterocycles. The molecule has 9 heteroatoms. The summed E-state index contributed by atoms with van der Waals surface area (Å²) in [6, 6.07) is -1.13. The van der Waals surface area contributed by atoms with Crippen LogP contribution in [0.4, 0.5) is 13.2 Å². The normalized spacial score (nSPS) is 24.1. The number of aliphatic imine (C=N–C) groups is 1. The van der Waals surface area contributed by atoms with Gasteiger partial charge in [-0.2, -0.15) is 13.2 Å². The van der Waals surface area contributed by atoms with Crippen LogP contribution in [0.5, 0.6) is 0 Å². The summed E-state index contributed by atoms with van der Waals surface area (Å²) in [5, 5.41) is 3.19. The molecule has 0 spiro atoms. The SMILES string of the molecule is CN=C(NCCC(=O)N1CCCCC1C)N1CCN(C(C)C(F)(F)F)CC1. The lowest BCUT2D eigenvalue weighted by molar-refractivity contribution is -0.181. The Morgan fingerprint density at radius 2 is 1.85 bits per heavy atom. The van der Waals surface area contributed by atoms with Crippen LogP contribution in [-0.4, -0.2) is 91.1 Å². The van der Waals surface area contributed by atoms with Crippen molar-refractivity contribution in [3.8, 4) is 0 Å². The molecule has 2 atom stereocenters. The molecule has 2 saturated heterocycles. The number of alkyl halides is 3. The first kappa shape index (κ1) is 21.8. The zero-order chi connectivity index (χ0) is 20.0. The van der Waals surface area contributed by atoms with Crippen molar-refractivity contribution in [2.45, 2.75) is 57.8 Å². The van der Waals surface area contributed by atoms with Crippen LogP contribution in [0.3, 0.4) is 0 Å². The molecule has 0 saturated carbocycles. The third-order valence-electron chi connectivity index (χ3n) is 5.59. The van der Waals surface area contributed by atoms with Gasteiger partial charge in [0.25, 0.3) is 0 Å². The largest absolute Gasteiger partial charge is 0.403 e. The Kier molecular flexibility index (Phi) is 7.76. The molecule has 1 N–H and O–H groups in total. The molecular formula is C18H32F3N5O. The van der Waals surface area contributed by atoms with Gasteiger partial charge in [0.2, 0.25) is 5.91 Å². The standard InChI is InChI=1S/C18H32F3N5O/c1-14-6-4-5-9-26(14)16(27)7-8-23-17(22-3)25-12-10-24(11-13-25)15(2)18(19,20)21/h14-15H,4-13H2,1-3H3,(H,22,23). The van der Waals surface area contributed by atoms with Crippen LogP contribution >= 0.6 is 0 Å². The highest BCUT2D eigenvalue weighted by Crippen LogP contribution is 2.25. The van der Waals surface area contributed by atoms with Crippen LogP contribution in [-0.2, 0) is 4.79 Å². The minimum Gasteiger partial charge on any atom is -0.356 e. The lowest BCUT2D eigenvalue weighted by Gasteiger charge is -2.39. The number of piperidine rings is 1. The van der Waals surface area contributed by atoms with E-state index in [0.29, 0.717) is 51.1 Å². The minimum atomic E-state index is -4.20. The topological polar surface area (TPSA) is 51.2 Å². The van der Waals surface area contributed by atoms with E-state index >= 15 is 0 Å². The Bertz CT molecular complexity index is 518. The van der Waals surface area contributed by atoms with Gasteiger partial charge in [-0.05, 0) is 33.1 Å². The lowest BCUT2D eigenvalue weighted by atomic mass is 10.0. The van der Waals surface area contributed by atoms with Gasteiger partial charge in [0.05, 0.1) is 0 Å². The number of halogens is 3. The van der Waals surface area contributed by atoms with Crippen LogP contribution in [0, 0.1) is 0 Å². The van der Waals surface area contributed by atoms with Crippen molar-refractivity contribution < 1.29 is 18.0 Å². The number of hydrogen-bond donors (Lipinski definition) is 1. The van der Waals surface area contributed by atoms with Crippen LogP contribution in [0.15, 0.2) is 4.99 Å². The van der Waals surface area contributed by atoms with Gasteiger partial charge in [0.1, 0.15) is 6.04 Å². The predicted octanol–water partition coefficient (Wildman–Crippen LogP) is 1.92. The molecule has 0 aliphatic carbocycles. The summed E-state index contributed by atoms with van der Waals surface area (Å²) in [7, 11) is 1.65. The molecule has 156 valence electrons. The first-order valence-corrected chi connectivity index (χ1v) is 9.80. The van der Waals surface area contributed by atoms with E-state index in [1.54, 1.807) is 7.05 Å². The molecule has 0 aromatic carbocycles. The number of amides is 1. The first-order chi connectivity index (χ1) is 12.7. The highest BCUT2D eigenvalue weighted by atomic mass is 19.4. The molecule has 0 radical (unpaired) electrons. The highest BCUT2D eigenvalue weighted by Gasteiger charge is 2.41. The average molecular weight is 391 g/mol. The van der Waals surface area contributed by atoms with Crippen molar-refractivity contribution in [3.05, 3.63) is 0 Å². The number of likely N-dealkylation sites (tertiary alicyclic amines) is 1. The van der Waals surface area contributed by atoms with Crippen molar-refractivity contribution >= 4 is 11.9 Å². The number of nitrogens with one attached hydrogen (secondary N) is 1. The number of nitrogens with zero attached hydrogens (tertiary/aromatic N) is 4. The van der Waals surface area contributed by atoms with Crippen molar-refractivity contribution in [1.82, 2.24) is 20.0 Å². The van der Waals surface area contributed by atoms with E-state index in [1.807, 2.05) is 9.80 Å². The maximum Gasteiger partial charge on any atom is 0.403 e. The monoisotopic (exact) mass is 391 g/mol. The lowest BCUT2D eigenvalue weighted by Crippen LogP contribution is -2.57. The molecule has 27 heavy (non-hydrogen) atoms. The molecule has 0 aromatic rings. The van der Waals surface area contributed by atoms with E-state index in [-0.39, 0.29) is 5.91 Å². The van der Waals surface area contributed by atoms with Gasteiger partial charge in [-0.15, -0.1) is 0 Å². The second-order valence-corrected chi connectivity index (χ2v) is 7.40. The Morgan fingerprint density at radius 3 is 2.41 bits per heavy atom. The summed E-state index contributed by atoms with van der Waals surface area (Å²) in [5.74, 6) is 0.794. The Morgan fingerprint density at radius 1 is 1.19 bits per heavy atom. The first-order valence-electron chi connectivity index (χ1n) is 9.80. The Labute approximate surface area is 159 Å². The van der Waals surface area contributed by atoms with Crippen LogP contribution in [0.2, 0.25) is 0 Å². The summed E-state index contributed by atoms with van der Waals surface area (Å²) < 4.78 is 38.6. The Balaban J connectivity index is 1.75. The quantitative estimate of drug-likeness (QED) is 0.588. The third kappa shape index (κ3) is 5.99. The number of carbonyl (C=O) groups is 1. The number of hydrogen-bond acceptors (Lipinski definition) is 3. The smallest absolute Gasteiger partial charge is 0.356 e. The molecule has 0 aromatic heterocycles. The zero-order valence-corrected chi connectivity index (χ0v) is 16.6. The summed E-state index contributed by atoms with van der Waals surface area (Å²) in [5.41, 5.74) is 0. The van der Waals surface area contributed by atoms with E-state index in [0.717, 1.165) is 19.4 Å². The maximum absolute atomic E-state index is 12.9. The molecule has 2 unspecified atom stereocenters. The molecule has 6 nitrogen and oxygen atoms in total. The molecule has 2 rings (SSSR count). The molecule has 1 amide bonds. The van der Waals surface area contributed by atoms with E-state index in [4.69, 9.17) is 0 Å². The Hall–Kier alpha value is -1.51. The average Bonchev–Trinajstić information content (AvgIpc) is 2.64. The van der Waals surface area contributed by atoms with Gasteiger partial charge in [-0.1, -0.05) is 0 Å². The molecule has 2 fully saturated rings. The fourth-order valence-corrected chi connectivity index (χ4v) is 3.75. The predicted molar refractivity (Wildman–Crippen MR) is 99.7 cm³/mol. The molecule has 2 aliphatic rings. The van der Waals surface area contributed by atoms with Gasteiger partial charge < -0.3 is 15.1 Å². The van der Waals surface area contributed by atoms with E-state index in [2.05, 4.69) is 17.2 Å². The van der Waals surface area contributed by atoms with Gasteiger partial charge in [-0.3, -0.25) is 14.7 Å². The van der Waals surface area contributed by atoms with Gasteiger partial charge >= 0.3 is 6.18 Å². The van der Waals surface area contributed by atoms with Crippen LogP contribution in [0.25, 0.3) is 0 Å². The summed E-state index contributed by atoms with van der Waals surface area (Å²) in [6.45, 7) is 6.24. The van der Waals surface area contributed by atoms with Crippen molar-refractivity contribution in [2.24, 2.45) is 4.99 Å². The summed E-state index contributed by atoms with van der Waals surface area (Å²) in [4.78, 5) is 22.0. The molecule has 0 bridgehead atoms. The molecule has 2 heterocycles. The number of piperazine rings is 1. The van der Waals surface area contributed by atoms with E-state index in [1.165, 1.54) is 18.2 Å². The number of carbonyl (C=O) groups excluding carboxylic acids is 1. The molecular weight excluding hydrogens is 359 g/mol.